The van der Waals surface area contributed by atoms with Crippen LogP contribution in [0.5, 0.6) is 0 Å². The van der Waals surface area contributed by atoms with Crippen LogP contribution in [0.15, 0.2) is 84.6 Å². The zero-order valence-corrected chi connectivity index (χ0v) is 17.2. The van der Waals surface area contributed by atoms with E-state index < -0.39 is 0 Å². The first-order chi connectivity index (χ1) is 15.7. The predicted molar refractivity (Wildman–Crippen MR) is 122 cm³/mol. The molecule has 0 unspecified atom stereocenters. The van der Waals surface area contributed by atoms with E-state index in [9.17, 15) is 9.18 Å². The van der Waals surface area contributed by atoms with Crippen molar-refractivity contribution in [3.05, 3.63) is 96.0 Å². The number of H-pyrrole nitrogens is 1. The molecule has 4 aromatic rings. The quantitative estimate of drug-likeness (QED) is 0.449. The maximum Gasteiger partial charge on any atom is 0.276 e. The summed E-state index contributed by atoms with van der Waals surface area (Å²) in [6.07, 6.45) is 10.6. The molecule has 5 rings (SSSR count). The topological polar surface area (TPSA) is 83.6 Å². The number of anilines is 1. The molecule has 3 heterocycles. The highest BCUT2D eigenvalue weighted by Crippen LogP contribution is 2.26. The van der Waals surface area contributed by atoms with Crippen LogP contribution in [0.4, 0.5) is 10.1 Å². The molecule has 0 aliphatic heterocycles. The lowest BCUT2D eigenvalue weighted by Gasteiger charge is -2.10. The standard InChI is InChI=1S/C25H20FN5O/c26-22-6-2-1-4-17(22)12-19-8-9-20(15-28-19)29-25(32)24-21-13-16(7-10-23(21)30-31-24)18-5-3-11-27-14-18/h3-11,13-15H,1-2,12H2,(H,29,32)(H,30,31). The van der Waals surface area contributed by atoms with Crippen molar-refractivity contribution in [2.24, 2.45) is 0 Å². The van der Waals surface area contributed by atoms with Gasteiger partial charge in [-0.2, -0.15) is 5.10 Å². The molecule has 3 aromatic heterocycles. The van der Waals surface area contributed by atoms with Crippen LogP contribution in [-0.4, -0.2) is 26.1 Å². The van der Waals surface area contributed by atoms with Gasteiger partial charge in [-0.15, -0.1) is 0 Å². The number of benzene rings is 1. The number of hydrogen-bond acceptors (Lipinski definition) is 4. The van der Waals surface area contributed by atoms with E-state index in [0.29, 0.717) is 23.4 Å². The van der Waals surface area contributed by atoms with Crippen LogP contribution in [0.3, 0.4) is 0 Å². The molecule has 0 bridgehead atoms. The number of rotatable bonds is 5. The molecule has 0 saturated carbocycles. The fraction of sp³-hybridized carbons (Fsp3) is 0.120. The fourth-order valence-electron chi connectivity index (χ4n) is 3.74. The van der Waals surface area contributed by atoms with E-state index in [4.69, 9.17) is 0 Å². The third kappa shape index (κ3) is 4.05. The minimum atomic E-state index is -0.335. The smallest absolute Gasteiger partial charge is 0.276 e. The Morgan fingerprint density at radius 1 is 1.06 bits per heavy atom. The third-order valence-electron chi connectivity index (χ3n) is 5.41. The average molecular weight is 425 g/mol. The number of aromatic amines is 1. The van der Waals surface area contributed by atoms with Gasteiger partial charge in [-0.05, 0) is 60.4 Å². The lowest BCUT2D eigenvalue weighted by molar-refractivity contribution is 0.102. The van der Waals surface area contributed by atoms with E-state index in [1.807, 2.05) is 36.4 Å². The zero-order valence-electron chi connectivity index (χ0n) is 17.2. The molecule has 1 aliphatic carbocycles. The Labute approximate surface area is 183 Å². The maximum atomic E-state index is 13.9. The summed E-state index contributed by atoms with van der Waals surface area (Å²) in [6.45, 7) is 0. The largest absolute Gasteiger partial charge is 0.319 e. The molecule has 7 heteroatoms. The molecule has 1 aliphatic rings. The van der Waals surface area contributed by atoms with Crippen molar-refractivity contribution in [2.45, 2.75) is 19.3 Å². The molecule has 0 atom stereocenters. The lowest BCUT2D eigenvalue weighted by atomic mass is 10.0. The Kier molecular flexibility index (Phi) is 5.29. The van der Waals surface area contributed by atoms with Crippen LogP contribution in [0.1, 0.15) is 29.0 Å². The van der Waals surface area contributed by atoms with E-state index in [0.717, 1.165) is 40.6 Å². The summed E-state index contributed by atoms with van der Waals surface area (Å²) in [5.74, 6) is -0.510. The molecular weight excluding hydrogens is 405 g/mol. The van der Waals surface area contributed by atoms with Gasteiger partial charge in [0.1, 0.15) is 5.83 Å². The summed E-state index contributed by atoms with van der Waals surface area (Å²) < 4.78 is 13.9. The minimum absolute atomic E-state index is 0.175. The van der Waals surface area contributed by atoms with Crippen molar-refractivity contribution in [1.82, 2.24) is 20.2 Å². The van der Waals surface area contributed by atoms with Gasteiger partial charge in [0.05, 0.1) is 17.4 Å². The molecule has 0 spiro atoms. The Bertz CT molecular complexity index is 1340. The summed E-state index contributed by atoms with van der Waals surface area (Å²) in [5.41, 5.74) is 4.93. The van der Waals surface area contributed by atoms with Crippen molar-refractivity contribution in [3.63, 3.8) is 0 Å². The number of halogens is 1. The third-order valence-corrected chi connectivity index (χ3v) is 5.41. The first-order valence-corrected chi connectivity index (χ1v) is 10.4. The Balaban J connectivity index is 1.33. The molecule has 6 nitrogen and oxygen atoms in total. The van der Waals surface area contributed by atoms with Gasteiger partial charge >= 0.3 is 0 Å². The summed E-state index contributed by atoms with van der Waals surface area (Å²) in [6, 6.07) is 13.2. The minimum Gasteiger partial charge on any atom is -0.319 e. The van der Waals surface area contributed by atoms with Gasteiger partial charge in [0, 0.05) is 35.5 Å². The number of nitrogens with zero attached hydrogens (tertiary/aromatic N) is 3. The molecule has 0 fully saturated rings. The number of carbonyl (C=O) groups excluding carboxylic acids is 1. The summed E-state index contributed by atoms with van der Waals surface area (Å²) in [4.78, 5) is 21.4. The first kappa shape index (κ1) is 19.8. The van der Waals surface area contributed by atoms with Crippen molar-refractivity contribution < 1.29 is 9.18 Å². The SMILES string of the molecule is O=C(Nc1ccc(CC2=CCCC=C2F)nc1)c1n[nH]c2ccc(-c3cccnc3)cc12. The van der Waals surface area contributed by atoms with Crippen LogP contribution in [0.2, 0.25) is 0 Å². The zero-order chi connectivity index (χ0) is 21.9. The Hall–Kier alpha value is -4.13. The van der Waals surface area contributed by atoms with Gasteiger partial charge in [-0.1, -0.05) is 18.2 Å². The van der Waals surface area contributed by atoms with E-state index in [1.165, 1.54) is 0 Å². The second-order valence-electron chi connectivity index (χ2n) is 7.60. The van der Waals surface area contributed by atoms with Gasteiger partial charge in [0.15, 0.2) is 5.69 Å². The number of amides is 1. The van der Waals surface area contributed by atoms with Crippen LogP contribution >= 0.6 is 0 Å². The number of carbonyl (C=O) groups is 1. The molecule has 0 saturated heterocycles. The van der Waals surface area contributed by atoms with Crippen LogP contribution in [-0.2, 0) is 6.42 Å². The summed E-state index contributed by atoms with van der Waals surface area (Å²) in [7, 11) is 0. The van der Waals surface area contributed by atoms with E-state index in [-0.39, 0.29) is 11.7 Å². The number of allylic oxidation sites excluding steroid dienone is 4. The normalized spacial score (nSPS) is 13.5. The number of hydrogen-bond donors (Lipinski definition) is 2. The monoisotopic (exact) mass is 425 g/mol. The Morgan fingerprint density at radius 2 is 1.97 bits per heavy atom. The summed E-state index contributed by atoms with van der Waals surface area (Å²) >= 11 is 0. The highest BCUT2D eigenvalue weighted by atomic mass is 19.1. The van der Waals surface area contributed by atoms with Crippen molar-refractivity contribution in [2.75, 3.05) is 5.32 Å². The van der Waals surface area contributed by atoms with Crippen molar-refractivity contribution in [1.29, 1.82) is 0 Å². The van der Waals surface area contributed by atoms with E-state index >= 15 is 0 Å². The fourth-order valence-corrected chi connectivity index (χ4v) is 3.74. The van der Waals surface area contributed by atoms with Gasteiger partial charge in [-0.3, -0.25) is 19.9 Å². The van der Waals surface area contributed by atoms with Crippen molar-refractivity contribution >= 4 is 22.5 Å². The maximum absolute atomic E-state index is 13.9. The van der Waals surface area contributed by atoms with Gasteiger partial charge in [-0.25, -0.2) is 4.39 Å². The van der Waals surface area contributed by atoms with Gasteiger partial charge in [0.25, 0.3) is 5.91 Å². The second-order valence-corrected chi connectivity index (χ2v) is 7.60. The summed E-state index contributed by atoms with van der Waals surface area (Å²) in [5, 5.41) is 10.7. The number of nitrogens with one attached hydrogen (secondary N) is 2. The highest BCUT2D eigenvalue weighted by molar-refractivity contribution is 6.11. The van der Waals surface area contributed by atoms with Crippen LogP contribution in [0.25, 0.3) is 22.0 Å². The molecule has 2 N–H and O–H groups in total. The van der Waals surface area contributed by atoms with E-state index in [2.05, 4.69) is 25.5 Å². The lowest BCUT2D eigenvalue weighted by Crippen LogP contribution is -2.13. The molecular formula is C25H20FN5O. The van der Waals surface area contributed by atoms with E-state index in [1.54, 1.807) is 36.8 Å². The number of aromatic nitrogens is 4. The average Bonchev–Trinajstić information content (AvgIpc) is 3.26. The number of fused-ring (bicyclic) bond motifs is 1. The van der Waals surface area contributed by atoms with Crippen molar-refractivity contribution in [3.8, 4) is 11.1 Å². The van der Waals surface area contributed by atoms with Gasteiger partial charge in [0.2, 0.25) is 0 Å². The molecule has 158 valence electrons. The number of pyridine rings is 2. The Morgan fingerprint density at radius 3 is 2.75 bits per heavy atom. The molecule has 0 radical (unpaired) electrons. The highest BCUT2D eigenvalue weighted by Gasteiger charge is 2.16. The first-order valence-electron chi connectivity index (χ1n) is 10.4. The molecule has 1 amide bonds. The van der Waals surface area contributed by atoms with Crippen LogP contribution < -0.4 is 5.32 Å². The second kappa shape index (κ2) is 8.55. The molecule has 1 aromatic carbocycles. The van der Waals surface area contributed by atoms with Crippen LogP contribution in [0, 0.1) is 0 Å². The predicted octanol–water partition coefficient (Wildman–Crippen LogP) is 5.39. The van der Waals surface area contributed by atoms with Gasteiger partial charge < -0.3 is 5.32 Å². The molecule has 32 heavy (non-hydrogen) atoms.